The van der Waals surface area contributed by atoms with Gasteiger partial charge in [0.25, 0.3) is 0 Å². The maximum absolute atomic E-state index is 2.51. The van der Waals surface area contributed by atoms with Gasteiger partial charge in [-0.2, -0.15) is 0 Å². The standard InChI is InChI=1S/C69H56N2/c1-47-17-11-25-56(45-47)71-66-35-10-8-29-64(66)69-61(32-16-36-67(69)71)54-24-12-26-57(46-54)70(55-43-41-49(42-44-55)48-37-39-52(40-38-48)59-30-13-21-50-20-5-6-27-58(50)59)65-34-9-7-28-62(65)63-33-15-23-53-22-14-31-60(68(53)63)51-18-3-2-4-19-51/h5-17,20-44,46-47,51H,2-4,18-19,45H2,1H3. The van der Waals surface area contributed by atoms with E-state index in [1.807, 2.05) is 0 Å². The molecular formula is C69H56N2. The molecule has 1 atom stereocenters. The second-order valence-electron chi connectivity index (χ2n) is 19.9. The summed E-state index contributed by atoms with van der Waals surface area (Å²) in [4.78, 5) is 2.50. The van der Waals surface area contributed by atoms with Gasteiger partial charge in [0.1, 0.15) is 0 Å². The van der Waals surface area contributed by atoms with Crippen molar-refractivity contribution in [2.45, 2.75) is 51.4 Å². The van der Waals surface area contributed by atoms with E-state index in [0.717, 1.165) is 23.5 Å². The predicted molar refractivity (Wildman–Crippen MR) is 304 cm³/mol. The highest BCUT2D eigenvalue weighted by Gasteiger charge is 2.24. The number of allylic oxidation sites excluding steroid dienone is 4. The molecule has 2 heteroatoms. The molecule has 13 rings (SSSR count). The zero-order valence-electron chi connectivity index (χ0n) is 40.3. The van der Waals surface area contributed by atoms with Crippen LogP contribution in [0.2, 0.25) is 0 Å². The SMILES string of the molecule is CC1C=CC=C(n2c3ccccc3c3c(-c4cccc(N(c5ccc(-c6ccc(-c7cccc8ccccc78)cc6)cc5)c5ccccc5-c5cccc6cccc(C7CCCCC7)c56)c4)cccc32)C1. The molecule has 2 aliphatic rings. The lowest BCUT2D eigenvalue weighted by Crippen LogP contribution is -2.11. The molecule has 2 nitrogen and oxygen atoms in total. The summed E-state index contributed by atoms with van der Waals surface area (Å²) in [6.45, 7) is 2.31. The van der Waals surface area contributed by atoms with E-state index >= 15 is 0 Å². The summed E-state index contributed by atoms with van der Waals surface area (Å²) in [5.74, 6) is 1.06. The summed E-state index contributed by atoms with van der Waals surface area (Å²) >= 11 is 0. The van der Waals surface area contributed by atoms with E-state index in [2.05, 4.69) is 253 Å². The van der Waals surface area contributed by atoms with Crippen LogP contribution in [0.3, 0.4) is 0 Å². The first-order chi connectivity index (χ1) is 35.1. The number of aromatic nitrogens is 1. The van der Waals surface area contributed by atoms with Crippen LogP contribution in [0.25, 0.3) is 93.6 Å². The van der Waals surface area contributed by atoms with Crippen LogP contribution < -0.4 is 4.90 Å². The molecule has 71 heavy (non-hydrogen) atoms. The molecule has 0 aliphatic heterocycles. The first kappa shape index (κ1) is 42.9. The van der Waals surface area contributed by atoms with Crippen LogP contribution in [-0.4, -0.2) is 4.57 Å². The van der Waals surface area contributed by atoms with Gasteiger partial charge in [0.2, 0.25) is 0 Å². The third kappa shape index (κ3) is 7.76. The maximum atomic E-state index is 2.51. The molecule has 0 saturated heterocycles. The minimum absolute atomic E-state index is 0.489. The zero-order valence-corrected chi connectivity index (χ0v) is 40.3. The lowest BCUT2D eigenvalue weighted by atomic mass is 9.80. The minimum atomic E-state index is 0.489. The molecule has 1 aromatic heterocycles. The van der Waals surface area contributed by atoms with Crippen LogP contribution in [0.1, 0.15) is 56.9 Å². The van der Waals surface area contributed by atoms with Crippen LogP contribution in [0.15, 0.2) is 237 Å². The zero-order chi connectivity index (χ0) is 47.3. The highest BCUT2D eigenvalue weighted by Crippen LogP contribution is 2.48. The van der Waals surface area contributed by atoms with Crippen molar-refractivity contribution in [1.29, 1.82) is 0 Å². The Bertz CT molecular complexity index is 3830. The molecule has 342 valence electrons. The lowest BCUT2D eigenvalue weighted by Gasteiger charge is -2.29. The summed E-state index contributed by atoms with van der Waals surface area (Å²) in [6, 6.07) is 81.6. The number of nitrogens with zero attached hydrogens (tertiary/aromatic N) is 2. The van der Waals surface area contributed by atoms with E-state index in [9.17, 15) is 0 Å². The Kier molecular flexibility index (Phi) is 11.0. The Balaban J connectivity index is 0.961. The van der Waals surface area contributed by atoms with E-state index in [-0.39, 0.29) is 0 Å². The number of para-hydroxylation sites is 2. The predicted octanol–water partition coefficient (Wildman–Crippen LogP) is 19.7. The van der Waals surface area contributed by atoms with Gasteiger partial charge in [0.05, 0.1) is 16.7 Å². The van der Waals surface area contributed by atoms with Crippen molar-refractivity contribution in [3.05, 3.63) is 242 Å². The third-order valence-electron chi connectivity index (χ3n) is 15.5. The summed E-state index contributed by atoms with van der Waals surface area (Å²) in [7, 11) is 0. The molecule has 2 aliphatic carbocycles. The smallest absolute Gasteiger partial charge is 0.0544 e. The van der Waals surface area contributed by atoms with Crippen molar-refractivity contribution in [3.63, 3.8) is 0 Å². The van der Waals surface area contributed by atoms with Crippen molar-refractivity contribution in [3.8, 4) is 44.5 Å². The summed E-state index contributed by atoms with van der Waals surface area (Å²) in [5.41, 5.74) is 18.5. The molecule has 1 heterocycles. The second-order valence-corrected chi connectivity index (χ2v) is 19.9. The highest BCUT2D eigenvalue weighted by atomic mass is 15.1. The topological polar surface area (TPSA) is 8.17 Å². The van der Waals surface area contributed by atoms with Gasteiger partial charge >= 0.3 is 0 Å². The average Bonchev–Trinajstić information content (AvgIpc) is 3.78. The van der Waals surface area contributed by atoms with Crippen LogP contribution >= 0.6 is 0 Å². The summed E-state index contributed by atoms with van der Waals surface area (Å²) in [6.07, 6.45) is 14.3. The molecule has 1 fully saturated rings. The summed E-state index contributed by atoms with van der Waals surface area (Å²) in [5, 5.41) is 7.81. The largest absolute Gasteiger partial charge is 0.313 e. The molecule has 11 aromatic rings. The van der Waals surface area contributed by atoms with Crippen LogP contribution in [0, 0.1) is 5.92 Å². The third-order valence-corrected chi connectivity index (χ3v) is 15.5. The first-order valence-electron chi connectivity index (χ1n) is 25.7. The Morgan fingerprint density at radius 2 is 1.06 bits per heavy atom. The number of benzene rings is 10. The average molecular weight is 913 g/mol. The minimum Gasteiger partial charge on any atom is -0.313 e. The second kappa shape index (κ2) is 18.3. The van der Waals surface area contributed by atoms with Crippen molar-refractivity contribution < 1.29 is 0 Å². The molecular weight excluding hydrogens is 857 g/mol. The fourth-order valence-electron chi connectivity index (χ4n) is 12.2. The van der Waals surface area contributed by atoms with E-state index < -0.39 is 0 Å². The number of hydrogen-bond donors (Lipinski definition) is 0. The Labute approximate surface area is 417 Å². The van der Waals surface area contributed by atoms with E-state index in [1.54, 1.807) is 0 Å². The Hall–Kier alpha value is -8.20. The van der Waals surface area contributed by atoms with Crippen molar-refractivity contribution in [2.75, 3.05) is 4.90 Å². The van der Waals surface area contributed by atoms with Crippen LogP contribution in [-0.2, 0) is 0 Å². The molecule has 0 radical (unpaired) electrons. The highest BCUT2D eigenvalue weighted by molar-refractivity contribution is 6.16. The van der Waals surface area contributed by atoms with Gasteiger partial charge in [0.15, 0.2) is 0 Å². The monoisotopic (exact) mass is 912 g/mol. The van der Waals surface area contributed by atoms with E-state index in [0.29, 0.717) is 11.8 Å². The van der Waals surface area contributed by atoms with E-state index in [4.69, 9.17) is 0 Å². The van der Waals surface area contributed by atoms with Crippen molar-refractivity contribution >= 4 is 66.1 Å². The molecule has 0 spiro atoms. The van der Waals surface area contributed by atoms with Gasteiger partial charge < -0.3 is 9.47 Å². The van der Waals surface area contributed by atoms with Gasteiger partial charge in [-0.15, -0.1) is 0 Å². The molecule has 0 N–H and O–H groups in total. The van der Waals surface area contributed by atoms with Gasteiger partial charge in [-0.05, 0) is 146 Å². The molecule has 10 aromatic carbocycles. The Morgan fingerprint density at radius 3 is 1.89 bits per heavy atom. The molecule has 1 saturated carbocycles. The van der Waals surface area contributed by atoms with Gasteiger partial charge in [0, 0.05) is 33.4 Å². The lowest BCUT2D eigenvalue weighted by molar-refractivity contribution is 0.445. The fourth-order valence-corrected chi connectivity index (χ4v) is 12.2. The number of rotatable bonds is 9. The summed E-state index contributed by atoms with van der Waals surface area (Å²) < 4.78 is 2.51. The molecule has 0 bridgehead atoms. The number of fused-ring (bicyclic) bond motifs is 5. The Morgan fingerprint density at radius 1 is 0.437 bits per heavy atom. The van der Waals surface area contributed by atoms with Gasteiger partial charge in [-0.25, -0.2) is 0 Å². The van der Waals surface area contributed by atoms with Crippen molar-refractivity contribution in [2.24, 2.45) is 5.92 Å². The maximum Gasteiger partial charge on any atom is 0.0544 e. The van der Waals surface area contributed by atoms with Gasteiger partial charge in [-0.1, -0.05) is 214 Å². The first-order valence-corrected chi connectivity index (χ1v) is 25.7. The fraction of sp³-hybridized carbons (Fsp3) is 0.130. The molecule has 1 unspecified atom stereocenters. The van der Waals surface area contributed by atoms with Crippen LogP contribution in [0.5, 0.6) is 0 Å². The van der Waals surface area contributed by atoms with Gasteiger partial charge in [-0.3, -0.25) is 0 Å². The van der Waals surface area contributed by atoms with E-state index in [1.165, 1.54) is 131 Å². The van der Waals surface area contributed by atoms with Crippen LogP contribution in [0.4, 0.5) is 17.1 Å². The normalized spacial score (nSPS) is 15.2. The number of anilines is 3. The number of hydrogen-bond acceptors (Lipinski definition) is 1. The quantitative estimate of drug-likeness (QED) is 0.140. The van der Waals surface area contributed by atoms with Crippen molar-refractivity contribution in [1.82, 2.24) is 4.57 Å². The molecule has 0 amide bonds.